The van der Waals surface area contributed by atoms with Crippen LogP contribution in [0.1, 0.15) is 56.0 Å². The molecule has 1 aliphatic heterocycles. The molecule has 0 spiro atoms. The minimum absolute atomic E-state index is 0.0156. The molecule has 25 heavy (non-hydrogen) atoms. The topological polar surface area (TPSA) is 61.4 Å². The molecule has 0 aliphatic carbocycles. The Morgan fingerprint density at radius 1 is 1.36 bits per heavy atom. The van der Waals surface area contributed by atoms with Crippen LogP contribution in [0, 0.1) is 12.8 Å². The van der Waals surface area contributed by atoms with E-state index < -0.39 is 0 Å². The molecule has 1 saturated heterocycles. The minimum atomic E-state index is 0.0156. The van der Waals surface area contributed by atoms with Gasteiger partial charge < -0.3 is 15.5 Å². The Morgan fingerprint density at radius 3 is 2.68 bits per heavy atom. The van der Waals surface area contributed by atoms with Gasteiger partial charge in [-0.2, -0.15) is 0 Å². The molecule has 1 atom stereocenters. The van der Waals surface area contributed by atoms with Crippen molar-refractivity contribution >= 4 is 17.5 Å². The molecule has 2 amide bonds. The molecule has 0 saturated carbocycles. The first-order chi connectivity index (χ1) is 11.9. The largest absolute Gasteiger partial charge is 0.334 e. The summed E-state index contributed by atoms with van der Waals surface area (Å²) in [6, 6.07) is 5.83. The highest BCUT2D eigenvalue weighted by Gasteiger charge is 2.26. The summed E-state index contributed by atoms with van der Waals surface area (Å²) in [7, 11) is 0. The first-order valence-corrected chi connectivity index (χ1v) is 9.34. The van der Waals surface area contributed by atoms with E-state index in [1.54, 1.807) is 0 Å². The van der Waals surface area contributed by atoms with Crippen molar-refractivity contribution in [1.82, 2.24) is 10.2 Å². The first kappa shape index (κ1) is 19.4. The zero-order valence-electron chi connectivity index (χ0n) is 15.9. The zero-order chi connectivity index (χ0) is 18.4. The van der Waals surface area contributed by atoms with Crippen molar-refractivity contribution in [2.75, 3.05) is 25.0 Å². The lowest BCUT2D eigenvalue weighted by Gasteiger charge is -2.28. The van der Waals surface area contributed by atoms with E-state index in [1.165, 1.54) is 0 Å². The molecule has 2 N–H and O–H groups in total. The SMILES string of the molecule is CCCN(C(=O)c1ccc(NC(=O)CC(C)C)c(C)c1)C1CCNC1. The highest BCUT2D eigenvalue weighted by Crippen LogP contribution is 2.20. The van der Waals surface area contributed by atoms with Crippen LogP contribution < -0.4 is 10.6 Å². The standard InChI is InChI=1S/C20H31N3O2/c1-5-10-23(17-8-9-21-13-17)20(25)16-6-7-18(15(4)12-16)22-19(24)11-14(2)3/h6-7,12,14,17,21H,5,8-11,13H2,1-4H3,(H,22,24). The first-order valence-electron chi connectivity index (χ1n) is 9.34. The number of aryl methyl sites for hydroxylation is 1. The molecule has 1 heterocycles. The molecule has 0 radical (unpaired) electrons. The molecular formula is C20H31N3O2. The Hall–Kier alpha value is -1.88. The van der Waals surface area contributed by atoms with Crippen LogP contribution in [-0.2, 0) is 4.79 Å². The van der Waals surface area contributed by atoms with Gasteiger partial charge in [-0.1, -0.05) is 20.8 Å². The second-order valence-electron chi connectivity index (χ2n) is 7.32. The second kappa shape index (κ2) is 8.99. The predicted molar refractivity (Wildman–Crippen MR) is 102 cm³/mol. The summed E-state index contributed by atoms with van der Waals surface area (Å²) in [5, 5.41) is 6.28. The van der Waals surface area contributed by atoms with Gasteiger partial charge in [0, 0.05) is 36.8 Å². The maximum absolute atomic E-state index is 13.0. The van der Waals surface area contributed by atoms with Crippen LogP contribution in [0.15, 0.2) is 18.2 Å². The Labute approximate surface area is 151 Å². The van der Waals surface area contributed by atoms with E-state index in [0.29, 0.717) is 17.9 Å². The van der Waals surface area contributed by atoms with Crippen LogP contribution in [0.4, 0.5) is 5.69 Å². The van der Waals surface area contributed by atoms with Gasteiger partial charge in [0.15, 0.2) is 0 Å². The Balaban J connectivity index is 2.11. The van der Waals surface area contributed by atoms with Gasteiger partial charge in [-0.05, 0) is 56.0 Å². The minimum Gasteiger partial charge on any atom is -0.334 e. The summed E-state index contributed by atoms with van der Waals surface area (Å²) >= 11 is 0. The number of hydrogen-bond acceptors (Lipinski definition) is 3. The molecule has 0 aromatic heterocycles. The zero-order valence-corrected chi connectivity index (χ0v) is 15.9. The van der Waals surface area contributed by atoms with Gasteiger partial charge in [0.05, 0.1) is 0 Å². The normalized spacial score (nSPS) is 16.9. The van der Waals surface area contributed by atoms with E-state index in [9.17, 15) is 9.59 Å². The average Bonchev–Trinajstić information content (AvgIpc) is 3.07. The maximum atomic E-state index is 13.0. The predicted octanol–water partition coefficient (Wildman–Crippen LogP) is 3.19. The molecule has 2 rings (SSSR count). The highest BCUT2D eigenvalue weighted by atomic mass is 16.2. The summed E-state index contributed by atoms with van der Waals surface area (Å²) < 4.78 is 0. The van der Waals surface area contributed by atoms with Gasteiger partial charge in [-0.25, -0.2) is 0 Å². The molecule has 1 aliphatic rings. The summed E-state index contributed by atoms with van der Waals surface area (Å²) in [6.45, 7) is 10.7. The smallest absolute Gasteiger partial charge is 0.254 e. The number of benzene rings is 1. The van der Waals surface area contributed by atoms with Gasteiger partial charge in [0.1, 0.15) is 0 Å². The van der Waals surface area contributed by atoms with E-state index >= 15 is 0 Å². The Bertz CT molecular complexity index is 607. The van der Waals surface area contributed by atoms with Crippen LogP contribution in [0.2, 0.25) is 0 Å². The molecule has 1 unspecified atom stereocenters. The highest BCUT2D eigenvalue weighted by molar-refractivity contribution is 5.96. The maximum Gasteiger partial charge on any atom is 0.254 e. The summed E-state index contributed by atoms with van der Waals surface area (Å²) in [4.78, 5) is 26.9. The van der Waals surface area contributed by atoms with Gasteiger partial charge in [0.25, 0.3) is 5.91 Å². The molecule has 5 nitrogen and oxygen atoms in total. The van der Waals surface area contributed by atoms with Crippen molar-refractivity contribution in [3.63, 3.8) is 0 Å². The number of nitrogens with one attached hydrogen (secondary N) is 2. The van der Waals surface area contributed by atoms with Crippen LogP contribution in [0.25, 0.3) is 0 Å². The molecule has 0 bridgehead atoms. The molecule has 1 aromatic carbocycles. The van der Waals surface area contributed by atoms with E-state index in [-0.39, 0.29) is 17.9 Å². The number of carbonyl (C=O) groups excluding carboxylic acids is 2. The number of anilines is 1. The molecule has 1 aromatic rings. The Morgan fingerprint density at radius 2 is 2.12 bits per heavy atom. The second-order valence-corrected chi connectivity index (χ2v) is 7.32. The number of nitrogens with zero attached hydrogens (tertiary/aromatic N) is 1. The molecule has 5 heteroatoms. The average molecular weight is 345 g/mol. The lowest BCUT2D eigenvalue weighted by atomic mass is 10.1. The lowest BCUT2D eigenvalue weighted by molar-refractivity contribution is -0.116. The molecular weight excluding hydrogens is 314 g/mol. The quantitative estimate of drug-likeness (QED) is 0.798. The summed E-state index contributed by atoms with van der Waals surface area (Å²) in [6.07, 6.45) is 2.46. The third-order valence-electron chi connectivity index (χ3n) is 4.54. The third kappa shape index (κ3) is 5.30. The number of amides is 2. The van der Waals surface area contributed by atoms with E-state index in [1.807, 2.05) is 43.9 Å². The van der Waals surface area contributed by atoms with Gasteiger partial charge in [0.2, 0.25) is 5.91 Å². The van der Waals surface area contributed by atoms with Crippen molar-refractivity contribution in [2.45, 2.75) is 53.0 Å². The van der Waals surface area contributed by atoms with E-state index in [4.69, 9.17) is 0 Å². The van der Waals surface area contributed by atoms with Crippen molar-refractivity contribution in [3.05, 3.63) is 29.3 Å². The fourth-order valence-corrected chi connectivity index (χ4v) is 3.27. The number of hydrogen-bond donors (Lipinski definition) is 2. The van der Waals surface area contributed by atoms with E-state index in [0.717, 1.165) is 43.7 Å². The van der Waals surface area contributed by atoms with E-state index in [2.05, 4.69) is 17.6 Å². The van der Waals surface area contributed by atoms with Crippen LogP contribution in [-0.4, -0.2) is 42.4 Å². The van der Waals surface area contributed by atoms with Crippen LogP contribution in [0.3, 0.4) is 0 Å². The summed E-state index contributed by atoms with van der Waals surface area (Å²) in [5.41, 5.74) is 2.40. The van der Waals surface area contributed by atoms with Gasteiger partial charge in [-0.3, -0.25) is 9.59 Å². The molecule has 1 fully saturated rings. The summed E-state index contributed by atoms with van der Waals surface area (Å²) in [5.74, 6) is 0.421. The van der Waals surface area contributed by atoms with Crippen molar-refractivity contribution in [2.24, 2.45) is 5.92 Å². The van der Waals surface area contributed by atoms with Crippen LogP contribution >= 0.6 is 0 Å². The molecule has 138 valence electrons. The third-order valence-corrected chi connectivity index (χ3v) is 4.54. The fraction of sp³-hybridized carbons (Fsp3) is 0.600. The number of rotatable bonds is 7. The Kier molecular flexibility index (Phi) is 7.00. The van der Waals surface area contributed by atoms with Crippen molar-refractivity contribution in [1.29, 1.82) is 0 Å². The monoisotopic (exact) mass is 345 g/mol. The van der Waals surface area contributed by atoms with Crippen LogP contribution in [0.5, 0.6) is 0 Å². The lowest BCUT2D eigenvalue weighted by Crippen LogP contribution is -2.42. The van der Waals surface area contributed by atoms with Crippen molar-refractivity contribution in [3.8, 4) is 0 Å². The van der Waals surface area contributed by atoms with Crippen molar-refractivity contribution < 1.29 is 9.59 Å². The number of carbonyl (C=O) groups is 2. The fourth-order valence-electron chi connectivity index (χ4n) is 3.27. The van der Waals surface area contributed by atoms with Gasteiger partial charge in [-0.15, -0.1) is 0 Å². The van der Waals surface area contributed by atoms with Gasteiger partial charge >= 0.3 is 0 Å².